The SMILES string of the molecule is COc1ccc(C2(N)C(=O)N(C(c3ccccc3)(c3ccccc3)c3ccccc3)c3cc(-c4ccccc4C(F)(F)F)ccc32)cc1. The number of fused-ring (bicyclic) bond motifs is 1. The Morgan fingerprint density at radius 2 is 1.15 bits per heavy atom. The van der Waals surface area contributed by atoms with Crippen LogP contribution < -0.4 is 15.4 Å². The van der Waals surface area contributed by atoms with Crippen molar-refractivity contribution in [2.75, 3.05) is 12.0 Å². The minimum Gasteiger partial charge on any atom is -0.497 e. The van der Waals surface area contributed by atoms with Crippen LogP contribution in [0.3, 0.4) is 0 Å². The standard InChI is InChI=1S/C41H31F3N2O2/c1-48-33-24-22-29(23-25-33)39(45)36-26-21-28(34-19-11-12-20-35(34)41(42,43)44)27-37(36)46(38(39)47)40(30-13-5-2-6-14-30,31-15-7-3-8-16-31)32-17-9-4-10-18-32/h2-27H,45H2,1H3. The van der Waals surface area contributed by atoms with Gasteiger partial charge in [0.05, 0.1) is 18.4 Å². The summed E-state index contributed by atoms with van der Waals surface area (Å²) in [5.74, 6) is 0.164. The summed E-state index contributed by atoms with van der Waals surface area (Å²) >= 11 is 0. The van der Waals surface area contributed by atoms with Gasteiger partial charge in [0.2, 0.25) is 0 Å². The second-order valence-electron chi connectivity index (χ2n) is 11.8. The molecule has 1 aliphatic heterocycles. The van der Waals surface area contributed by atoms with Gasteiger partial charge in [-0.3, -0.25) is 9.69 Å². The van der Waals surface area contributed by atoms with Crippen molar-refractivity contribution in [3.8, 4) is 16.9 Å². The highest BCUT2D eigenvalue weighted by molar-refractivity contribution is 6.12. The molecule has 7 heteroatoms. The number of hydrogen-bond donors (Lipinski definition) is 1. The molecular formula is C41H31F3N2O2. The van der Waals surface area contributed by atoms with Crippen LogP contribution in [0.15, 0.2) is 158 Å². The molecule has 7 rings (SSSR count). The lowest BCUT2D eigenvalue weighted by molar-refractivity contribution is -0.137. The Hall–Kier alpha value is -5.66. The first kappa shape index (κ1) is 31.0. The fraction of sp³-hybridized carbons (Fsp3) is 0.0976. The van der Waals surface area contributed by atoms with Crippen LogP contribution in [-0.2, 0) is 22.0 Å². The predicted molar refractivity (Wildman–Crippen MR) is 182 cm³/mol. The number of ether oxygens (including phenoxy) is 1. The van der Waals surface area contributed by atoms with Gasteiger partial charge in [-0.2, -0.15) is 13.2 Å². The number of nitrogens with two attached hydrogens (primary N) is 1. The summed E-state index contributed by atoms with van der Waals surface area (Å²) in [6.45, 7) is 0. The second kappa shape index (κ2) is 11.9. The Labute approximate surface area is 276 Å². The van der Waals surface area contributed by atoms with Gasteiger partial charge in [0.15, 0.2) is 0 Å². The van der Waals surface area contributed by atoms with Crippen molar-refractivity contribution in [1.29, 1.82) is 0 Å². The van der Waals surface area contributed by atoms with E-state index in [9.17, 15) is 13.2 Å². The van der Waals surface area contributed by atoms with Crippen LogP contribution in [0.4, 0.5) is 18.9 Å². The third kappa shape index (κ3) is 4.78. The predicted octanol–water partition coefficient (Wildman–Crippen LogP) is 8.92. The zero-order valence-electron chi connectivity index (χ0n) is 26.0. The highest BCUT2D eigenvalue weighted by Gasteiger charge is 2.58. The summed E-state index contributed by atoms with van der Waals surface area (Å²) in [4.78, 5) is 17.2. The molecule has 1 amide bonds. The second-order valence-corrected chi connectivity index (χ2v) is 11.8. The number of anilines is 1. The van der Waals surface area contributed by atoms with E-state index in [4.69, 9.17) is 10.5 Å². The molecule has 1 heterocycles. The number of alkyl halides is 3. The number of methoxy groups -OCH3 is 1. The maximum absolute atomic E-state index is 15.5. The molecule has 0 saturated carbocycles. The van der Waals surface area contributed by atoms with Crippen molar-refractivity contribution in [3.05, 3.63) is 191 Å². The van der Waals surface area contributed by atoms with Gasteiger partial charge in [0, 0.05) is 5.56 Å². The molecule has 0 bridgehead atoms. The van der Waals surface area contributed by atoms with Crippen LogP contribution in [0.25, 0.3) is 11.1 Å². The first-order valence-corrected chi connectivity index (χ1v) is 15.5. The van der Waals surface area contributed by atoms with E-state index in [1.165, 1.54) is 12.1 Å². The lowest BCUT2D eigenvalue weighted by Crippen LogP contribution is -2.56. The number of halogens is 3. The normalized spacial score (nSPS) is 16.1. The smallest absolute Gasteiger partial charge is 0.417 e. The zero-order chi connectivity index (χ0) is 33.5. The minimum absolute atomic E-state index is 0.00361. The van der Waals surface area contributed by atoms with E-state index >= 15 is 4.79 Å². The maximum atomic E-state index is 15.5. The highest BCUT2D eigenvalue weighted by Crippen LogP contribution is 2.54. The molecule has 0 radical (unpaired) electrons. The van der Waals surface area contributed by atoms with Gasteiger partial charge in [-0.1, -0.05) is 133 Å². The van der Waals surface area contributed by atoms with Crippen molar-refractivity contribution < 1.29 is 22.7 Å². The third-order valence-corrected chi connectivity index (χ3v) is 9.20. The lowest BCUT2D eigenvalue weighted by Gasteiger charge is -2.44. The summed E-state index contributed by atoms with van der Waals surface area (Å²) in [6.07, 6.45) is -4.59. The molecule has 0 fully saturated rings. The topological polar surface area (TPSA) is 55.6 Å². The van der Waals surface area contributed by atoms with E-state index in [-0.39, 0.29) is 5.56 Å². The Morgan fingerprint density at radius 1 is 0.646 bits per heavy atom. The van der Waals surface area contributed by atoms with Gasteiger partial charge >= 0.3 is 6.18 Å². The highest BCUT2D eigenvalue weighted by atomic mass is 19.4. The fourth-order valence-corrected chi connectivity index (χ4v) is 6.99. The van der Waals surface area contributed by atoms with E-state index in [0.29, 0.717) is 28.1 Å². The monoisotopic (exact) mass is 640 g/mol. The van der Waals surface area contributed by atoms with Gasteiger partial charge in [-0.15, -0.1) is 0 Å². The molecule has 6 aromatic carbocycles. The summed E-state index contributed by atoms with van der Waals surface area (Å²) < 4.78 is 48.3. The van der Waals surface area contributed by atoms with E-state index in [1.54, 1.807) is 60.5 Å². The Kier molecular flexibility index (Phi) is 7.65. The van der Waals surface area contributed by atoms with E-state index in [2.05, 4.69) is 0 Å². The Bertz CT molecular complexity index is 1990. The third-order valence-electron chi connectivity index (χ3n) is 9.20. The molecule has 1 aliphatic rings. The van der Waals surface area contributed by atoms with Gasteiger partial charge in [0.1, 0.15) is 16.8 Å². The van der Waals surface area contributed by atoms with Crippen LogP contribution >= 0.6 is 0 Å². The van der Waals surface area contributed by atoms with Crippen molar-refractivity contribution in [3.63, 3.8) is 0 Å². The molecule has 0 aliphatic carbocycles. The zero-order valence-corrected chi connectivity index (χ0v) is 26.0. The number of carbonyl (C=O) groups is 1. The van der Waals surface area contributed by atoms with Crippen LogP contribution in [0.5, 0.6) is 5.75 Å². The molecule has 1 unspecified atom stereocenters. The first-order chi connectivity index (χ1) is 23.2. The van der Waals surface area contributed by atoms with Crippen molar-refractivity contribution in [1.82, 2.24) is 0 Å². The van der Waals surface area contributed by atoms with Crippen LogP contribution in [-0.4, -0.2) is 13.0 Å². The van der Waals surface area contributed by atoms with Crippen LogP contribution in [0.2, 0.25) is 0 Å². The molecule has 4 nitrogen and oxygen atoms in total. The van der Waals surface area contributed by atoms with Crippen LogP contribution in [0, 0.1) is 0 Å². The van der Waals surface area contributed by atoms with Gasteiger partial charge in [0.25, 0.3) is 5.91 Å². The minimum atomic E-state index is -4.59. The van der Waals surface area contributed by atoms with Crippen LogP contribution in [0.1, 0.15) is 33.4 Å². The van der Waals surface area contributed by atoms with Crippen molar-refractivity contribution in [2.45, 2.75) is 17.3 Å². The average Bonchev–Trinajstić information content (AvgIpc) is 3.36. The molecular weight excluding hydrogens is 609 g/mol. The van der Waals surface area contributed by atoms with Crippen molar-refractivity contribution >= 4 is 11.6 Å². The van der Waals surface area contributed by atoms with E-state index in [1.807, 2.05) is 91.0 Å². The quantitative estimate of drug-likeness (QED) is 0.177. The van der Waals surface area contributed by atoms with E-state index in [0.717, 1.165) is 22.8 Å². The number of amides is 1. The number of hydrogen-bond acceptors (Lipinski definition) is 3. The number of carbonyl (C=O) groups excluding carboxylic acids is 1. The molecule has 238 valence electrons. The summed E-state index contributed by atoms with van der Waals surface area (Å²) in [5.41, 5.74) is 7.64. The summed E-state index contributed by atoms with van der Waals surface area (Å²) in [6, 6.07) is 46.3. The number of nitrogens with zero attached hydrogens (tertiary/aromatic N) is 1. The fourth-order valence-electron chi connectivity index (χ4n) is 6.99. The molecule has 0 spiro atoms. The molecule has 2 N–H and O–H groups in total. The Balaban J connectivity index is 1.60. The largest absolute Gasteiger partial charge is 0.497 e. The number of benzene rings is 6. The van der Waals surface area contributed by atoms with Crippen molar-refractivity contribution in [2.24, 2.45) is 5.73 Å². The lowest BCUT2D eigenvalue weighted by atomic mass is 9.75. The first-order valence-electron chi connectivity index (χ1n) is 15.5. The van der Waals surface area contributed by atoms with E-state index < -0.39 is 28.7 Å². The molecule has 6 aromatic rings. The average molecular weight is 641 g/mol. The molecule has 48 heavy (non-hydrogen) atoms. The van der Waals surface area contributed by atoms with Gasteiger partial charge in [-0.05, 0) is 57.6 Å². The summed E-state index contributed by atoms with van der Waals surface area (Å²) in [5, 5.41) is 0. The van der Waals surface area contributed by atoms with Gasteiger partial charge < -0.3 is 10.5 Å². The Morgan fingerprint density at radius 3 is 1.65 bits per heavy atom. The maximum Gasteiger partial charge on any atom is 0.417 e. The van der Waals surface area contributed by atoms with Gasteiger partial charge in [-0.25, -0.2) is 0 Å². The molecule has 0 aromatic heterocycles. The molecule has 0 saturated heterocycles. The molecule has 1 atom stereocenters. The summed E-state index contributed by atoms with van der Waals surface area (Å²) in [7, 11) is 1.55. The number of rotatable bonds is 7.